The van der Waals surface area contributed by atoms with Gasteiger partial charge in [-0.15, -0.1) is 0 Å². The number of hydrogen-bond acceptors (Lipinski definition) is 0. The zero-order valence-electron chi connectivity index (χ0n) is 0. The molecule has 0 aliphatic carbocycles. The van der Waals surface area contributed by atoms with Gasteiger partial charge in [-0.2, -0.15) is 0 Å². The van der Waals surface area contributed by atoms with E-state index in [4.69, 9.17) is 0 Å². The Hall–Kier alpha value is 5.29. The van der Waals surface area contributed by atoms with E-state index in [1.807, 2.05) is 0 Å². The fourth-order valence-electron chi connectivity index (χ4n) is 0. The van der Waals surface area contributed by atoms with E-state index in [0.717, 1.165) is 0 Å². The minimum absolute atomic E-state index is 0. The molecule has 0 bridgehead atoms. The van der Waals surface area contributed by atoms with Gasteiger partial charge in [-0.25, -0.2) is 0 Å². The van der Waals surface area contributed by atoms with Crippen molar-refractivity contribution in [3.05, 3.63) is 0 Å². The van der Waals surface area contributed by atoms with E-state index in [1.54, 1.807) is 0 Å². The molecule has 0 aliphatic rings. The molecular weight excluding hydrogens is 317 g/mol. The van der Waals surface area contributed by atoms with Crippen molar-refractivity contribution in [3.8, 4) is 0 Å². The first kappa shape index (κ1) is 31.7. The number of rotatable bonds is 0. The average Bonchev–Trinajstić information content (AvgIpc) is 0. The molecule has 0 saturated carbocycles. The van der Waals surface area contributed by atoms with Crippen LogP contribution in [-0.4, -0.2) is 166 Å². The summed E-state index contributed by atoms with van der Waals surface area (Å²) in [6.45, 7) is 0. The third-order valence-corrected chi connectivity index (χ3v) is 0. The Balaban J connectivity index is 0. The molecule has 0 heterocycles. The quantitative estimate of drug-likeness (QED) is 0.390. The van der Waals surface area contributed by atoms with Crippen molar-refractivity contribution in [2.24, 2.45) is 0 Å². The summed E-state index contributed by atoms with van der Waals surface area (Å²) in [5.41, 5.74) is 0. The van der Waals surface area contributed by atoms with Crippen LogP contribution in [0.5, 0.6) is 0 Å². The van der Waals surface area contributed by atoms with Crippen LogP contribution in [0.15, 0.2) is 0 Å². The summed E-state index contributed by atoms with van der Waals surface area (Å²) in [5, 5.41) is 0. The van der Waals surface area contributed by atoms with Crippen molar-refractivity contribution in [2.45, 2.75) is 0 Å². The fraction of sp³-hybridized carbons (Fsp3) is 0. The molecule has 0 radical (unpaired) electrons. The van der Waals surface area contributed by atoms with E-state index in [-0.39, 0.29) is 166 Å². The van der Waals surface area contributed by atoms with E-state index in [2.05, 4.69) is 0 Å². The second kappa shape index (κ2) is 22.8. The average molecular weight is 330 g/mol. The third kappa shape index (κ3) is 17.6. The number of hydrogen-bond donors (Lipinski definition) is 0. The zero-order chi connectivity index (χ0) is 0. The van der Waals surface area contributed by atoms with E-state index in [0.29, 0.717) is 0 Å². The van der Waals surface area contributed by atoms with Gasteiger partial charge in [0.2, 0.25) is 0 Å². The van der Waals surface area contributed by atoms with Gasteiger partial charge < -0.3 is 0 Å². The second-order valence-corrected chi connectivity index (χ2v) is 0. The van der Waals surface area contributed by atoms with Gasteiger partial charge in [0.05, 0.1) is 0 Å². The first-order valence-corrected chi connectivity index (χ1v) is 0. The standard InChI is InChI=1S/Ba.Ca.Mg.H4Si.Sr.8H/h;;;1H4;;;;;;;;;. The predicted octanol–water partition coefficient (Wildman–Crippen LogP) is -5.12. The molecule has 5 heteroatoms. The van der Waals surface area contributed by atoms with Crippen LogP contribution in [0, 0.1) is 0 Å². The minimum atomic E-state index is 0. The summed E-state index contributed by atoms with van der Waals surface area (Å²) in [6.07, 6.45) is 0. The second-order valence-electron chi connectivity index (χ2n) is 0. The van der Waals surface area contributed by atoms with Crippen LogP contribution in [0.4, 0.5) is 0 Å². The summed E-state index contributed by atoms with van der Waals surface area (Å²) >= 11 is 0. The maximum atomic E-state index is 0. The molecule has 0 unspecified atom stereocenters. The molecule has 24 valence electrons. The Morgan fingerprint density at radius 3 is 1.00 bits per heavy atom. The molecule has 0 aliphatic heterocycles. The van der Waals surface area contributed by atoms with Gasteiger partial charge in [-0.3, -0.25) is 0 Å². The first-order valence-electron chi connectivity index (χ1n) is 0. The summed E-state index contributed by atoms with van der Waals surface area (Å²) in [5.74, 6) is 0. The van der Waals surface area contributed by atoms with Crippen LogP contribution in [0.1, 0.15) is 0 Å². The molecule has 0 atom stereocenters. The first-order chi connectivity index (χ1) is 0. The van der Waals surface area contributed by atoms with Crippen LogP contribution < -0.4 is 0 Å². The van der Waals surface area contributed by atoms with Crippen LogP contribution in [0.25, 0.3) is 0 Å². The monoisotopic (exact) mass is 330 g/mol. The van der Waals surface area contributed by atoms with Gasteiger partial charge in [0.1, 0.15) is 0 Å². The Morgan fingerprint density at radius 2 is 1.00 bits per heavy atom. The maximum absolute atomic E-state index is 0. The molecule has 0 aromatic carbocycles. The molecule has 0 nitrogen and oxygen atoms in total. The Kier molecular flexibility index (Phi) is 145. The Morgan fingerprint density at radius 1 is 1.00 bits per heavy atom. The molecule has 0 aromatic rings. The SMILES string of the molecule is [BaH2].[CaH2].[MgH2].[SiH4].[SrH2]. The fourth-order valence-corrected chi connectivity index (χ4v) is 0. The van der Waals surface area contributed by atoms with E-state index in [9.17, 15) is 0 Å². The molecule has 0 N–H and O–H groups in total. The molecule has 0 amide bonds. The topological polar surface area (TPSA) is 0 Å². The molecule has 0 rings (SSSR count). The third-order valence-electron chi connectivity index (χ3n) is 0. The molecule has 5 heavy (non-hydrogen) atoms. The molecule has 0 fully saturated rings. The zero-order valence-corrected chi connectivity index (χ0v) is 0. The Bertz CT molecular complexity index is 11.6. The van der Waals surface area contributed by atoms with Crippen molar-refractivity contribution in [1.82, 2.24) is 0 Å². The van der Waals surface area contributed by atoms with Gasteiger partial charge >= 0.3 is 155 Å². The van der Waals surface area contributed by atoms with Gasteiger partial charge in [-0.1, -0.05) is 0 Å². The van der Waals surface area contributed by atoms with Crippen molar-refractivity contribution < 1.29 is 0 Å². The van der Waals surface area contributed by atoms with Crippen LogP contribution in [-0.2, 0) is 0 Å². The normalized spacial score (nSPS) is 0. The summed E-state index contributed by atoms with van der Waals surface area (Å²) in [6, 6.07) is 0. The van der Waals surface area contributed by atoms with Crippen molar-refractivity contribution >= 4 is 166 Å². The molecule has 0 spiro atoms. The van der Waals surface area contributed by atoms with E-state index >= 15 is 0 Å². The summed E-state index contributed by atoms with van der Waals surface area (Å²) < 4.78 is 0. The van der Waals surface area contributed by atoms with Gasteiger partial charge in [-0.05, 0) is 11.0 Å². The van der Waals surface area contributed by atoms with E-state index < -0.39 is 0 Å². The van der Waals surface area contributed by atoms with Crippen molar-refractivity contribution in [2.75, 3.05) is 0 Å². The van der Waals surface area contributed by atoms with Gasteiger partial charge in [0.15, 0.2) is 0 Å². The summed E-state index contributed by atoms with van der Waals surface area (Å²) in [4.78, 5) is 0. The molecule has 0 aromatic heterocycles. The Labute approximate surface area is 160 Å². The van der Waals surface area contributed by atoms with Gasteiger partial charge in [0.25, 0.3) is 0 Å². The van der Waals surface area contributed by atoms with Crippen molar-refractivity contribution in [3.63, 3.8) is 0 Å². The predicted molar refractivity (Wildman–Crippen MR) is 45.5 cm³/mol. The van der Waals surface area contributed by atoms with Crippen LogP contribution >= 0.6 is 0 Å². The van der Waals surface area contributed by atoms with Gasteiger partial charge in [0, 0.05) is 0 Å². The molecule has 0 saturated heterocycles. The summed E-state index contributed by atoms with van der Waals surface area (Å²) in [7, 11) is 0. The van der Waals surface area contributed by atoms with Crippen molar-refractivity contribution in [1.29, 1.82) is 0 Å². The van der Waals surface area contributed by atoms with Crippen LogP contribution in [0.2, 0.25) is 0 Å². The van der Waals surface area contributed by atoms with Crippen LogP contribution in [0.3, 0.4) is 0 Å². The molecular formula is H12BaCaMgSiSr. The van der Waals surface area contributed by atoms with E-state index in [1.165, 1.54) is 0 Å².